The van der Waals surface area contributed by atoms with Gasteiger partial charge in [0.1, 0.15) is 18.2 Å². The molecule has 1 N–H and O–H groups in total. The van der Waals surface area contributed by atoms with E-state index in [1.54, 1.807) is 6.20 Å². The number of ketones is 1. The third-order valence-electron chi connectivity index (χ3n) is 5.36. The van der Waals surface area contributed by atoms with E-state index in [0.717, 1.165) is 77.7 Å². The number of halogens is 1. The van der Waals surface area contributed by atoms with Crippen molar-refractivity contribution >= 4 is 21.7 Å². The van der Waals surface area contributed by atoms with E-state index in [2.05, 4.69) is 45.0 Å². The summed E-state index contributed by atoms with van der Waals surface area (Å²) < 4.78 is 7.21. The van der Waals surface area contributed by atoms with E-state index in [9.17, 15) is 4.79 Å². The molecular formula is C26H31BrN2O2. The Kier molecular flexibility index (Phi) is 9.35. The number of imidazole rings is 1. The Labute approximate surface area is 193 Å². The number of carbonyl (C=O) groups is 1. The smallest absolute Gasteiger partial charge is 0.162 e. The summed E-state index contributed by atoms with van der Waals surface area (Å²) >= 11 is 3.47. The first kappa shape index (κ1) is 23.3. The second-order valence-electron chi connectivity index (χ2n) is 7.86. The molecule has 0 aliphatic heterocycles. The van der Waals surface area contributed by atoms with E-state index < -0.39 is 0 Å². The summed E-state index contributed by atoms with van der Waals surface area (Å²) in [6.07, 6.45) is 11.3. The maximum absolute atomic E-state index is 12.6. The molecule has 31 heavy (non-hydrogen) atoms. The summed E-state index contributed by atoms with van der Waals surface area (Å²) in [5, 5.41) is 0. The molecule has 1 heterocycles. The van der Waals surface area contributed by atoms with Crippen LogP contribution in [0.3, 0.4) is 0 Å². The van der Waals surface area contributed by atoms with Gasteiger partial charge in [0.15, 0.2) is 5.78 Å². The average molecular weight is 483 g/mol. The molecule has 0 aliphatic carbocycles. The Balaban J connectivity index is 1.65. The van der Waals surface area contributed by atoms with Crippen LogP contribution in [0.25, 0.3) is 0 Å². The maximum atomic E-state index is 12.6. The van der Waals surface area contributed by atoms with Gasteiger partial charge in [0.2, 0.25) is 0 Å². The summed E-state index contributed by atoms with van der Waals surface area (Å²) in [6, 6.07) is 14.1. The minimum absolute atomic E-state index is 0.227. The number of Topliss-reactive ketones (excluding diaryl/α,β-unsaturated/α-hetero) is 1. The summed E-state index contributed by atoms with van der Waals surface area (Å²) in [5.41, 5.74) is 3.03. The van der Waals surface area contributed by atoms with E-state index in [4.69, 9.17) is 4.74 Å². The largest absolute Gasteiger partial charge is 0.489 e. The monoisotopic (exact) mass is 482 g/mol. The highest BCUT2D eigenvalue weighted by Crippen LogP contribution is 2.25. The molecule has 3 rings (SSSR count). The van der Waals surface area contributed by atoms with Gasteiger partial charge < -0.3 is 9.72 Å². The van der Waals surface area contributed by atoms with Crippen LogP contribution in [-0.2, 0) is 19.4 Å². The van der Waals surface area contributed by atoms with E-state index in [1.807, 2.05) is 36.5 Å². The molecule has 0 saturated carbocycles. The van der Waals surface area contributed by atoms with Gasteiger partial charge in [0.05, 0.1) is 0 Å². The van der Waals surface area contributed by atoms with Crippen molar-refractivity contribution in [2.24, 2.45) is 0 Å². The molecule has 1 aromatic heterocycles. The second kappa shape index (κ2) is 12.5. The SMILES string of the molecule is CCCCCC(=O)c1ccc(OCc2ccc(Br)cc2)c(CCCCc2ncc[nH]2)c1. The molecule has 0 saturated heterocycles. The van der Waals surface area contributed by atoms with Crippen molar-refractivity contribution in [3.8, 4) is 5.75 Å². The highest BCUT2D eigenvalue weighted by molar-refractivity contribution is 9.10. The van der Waals surface area contributed by atoms with Crippen molar-refractivity contribution in [1.82, 2.24) is 9.97 Å². The Morgan fingerprint density at radius 1 is 1.03 bits per heavy atom. The van der Waals surface area contributed by atoms with Crippen molar-refractivity contribution < 1.29 is 9.53 Å². The lowest BCUT2D eigenvalue weighted by Crippen LogP contribution is -2.04. The molecule has 0 fully saturated rings. The third-order valence-corrected chi connectivity index (χ3v) is 5.89. The van der Waals surface area contributed by atoms with Gasteiger partial charge in [0, 0.05) is 35.3 Å². The van der Waals surface area contributed by atoms with Crippen LogP contribution >= 0.6 is 15.9 Å². The van der Waals surface area contributed by atoms with E-state index in [1.165, 1.54) is 0 Å². The lowest BCUT2D eigenvalue weighted by molar-refractivity contribution is 0.0979. The van der Waals surface area contributed by atoms with Crippen LogP contribution in [-0.4, -0.2) is 15.8 Å². The minimum atomic E-state index is 0.227. The summed E-state index contributed by atoms with van der Waals surface area (Å²) in [6.45, 7) is 2.67. The molecule has 2 aromatic carbocycles. The Bertz CT molecular complexity index is 937. The number of unbranched alkanes of at least 4 members (excludes halogenated alkanes) is 3. The highest BCUT2D eigenvalue weighted by Gasteiger charge is 2.11. The Hall–Kier alpha value is -2.40. The number of aromatic amines is 1. The summed E-state index contributed by atoms with van der Waals surface area (Å²) in [5.74, 6) is 2.11. The van der Waals surface area contributed by atoms with Gasteiger partial charge in [0.25, 0.3) is 0 Å². The fourth-order valence-electron chi connectivity index (χ4n) is 3.55. The van der Waals surface area contributed by atoms with Gasteiger partial charge in [-0.05, 0) is 67.1 Å². The molecule has 0 bridgehead atoms. The predicted octanol–water partition coefficient (Wildman–Crippen LogP) is 7.08. The van der Waals surface area contributed by atoms with Crippen LogP contribution in [0, 0.1) is 0 Å². The number of H-pyrrole nitrogens is 1. The van der Waals surface area contributed by atoms with Crippen LogP contribution in [0.15, 0.2) is 59.3 Å². The van der Waals surface area contributed by atoms with Crippen LogP contribution in [0.1, 0.15) is 72.8 Å². The molecule has 0 atom stereocenters. The van der Waals surface area contributed by atoms with Crippen LogP contribution in [0.4, 0.5) is 0 Å². The lowest BCUT2D eigenvalue weighted by atomic mass is 9.99. The molecule has 4 nitrogen and oxygen atoms in total. The minimum Gasteiger partial charge on any atom is -0.489 e. The third kappa shape index (κ3) is 7.66. The molecule has 0 radical (unpaired) electrons. The zero-order valence-corrected chi connectivity index (χ0v) is 19.8. The van der Waals surface area contributed by atoms with Gasteiger partial charge in [-0.25, -0.2) is 4.98 Å². The number of carbonyl (C=O) groups excluding carboxylic acids is 1. The van der Waals surface area contributed by atoms with Crippen molar-refractivity contribution in [2.75, 3.05) is 0 Å². The Morgan fingerprint density at radius 2 is 1.84 bits per heavy atom. The van der Waals surface area contributed by atoms with Crippen LogP contribution in [0.5, 0.6) is 5.75 Å². The summed E-state index contributed by atoms with van der Waals surface area (Å²) in [7, 11) is 0. The fraction of sp³-hybridized carbons (Fsp3) is 0.385. The second-order valence-corrected chi connectivity index (χ2v) is 8.78. The standard InChI is InChI=1S/C26H31BrN2O2/c1-2-3-4-8-24(30)21-12-15-25(31-19-20-10-13-23(27)14-11-20)22(18-21)7-5-6-9-26-28-16-17-29-26/h10-18H,2-9,19H2,1H3,(H,28,29). The maximum Gasteiger partial charge on any atom is 0.162 e. The molecule has 164 valence electrons. The van der Waals surface area contributed by atoms with Gasteiger partial charge in [-0.2, -0.15) is 0 Å². The van der Waals surface area contributed by atoms with Gasteiger partial charge in [-0.15, -0.1) is 0 Å². The van der Waals surface area contributed by atoms with Gasteiger partial charge in [-0.3, -0.25) is 4.79 Å². The summed E-state index contributed by atoms with van der Waals surface area (Å²) in [4.78, 5) is 20.1. The number of hydrogen-bond acceptors (Lipinski definition) is 3. The zero-order valence-electron chi connectivity index (χ0n) is 18.2. The Morgan fingerprint density at radius 3 is 2.58 bits per heavy atom. The van der Waals surface area contributed by atoms with Gasteiger partial charge >= 0.3 is 0 Å². The highest BCUT2D eigenvalue weighted by atomic mass is 79.9. The molecule has 0 spiro atoms. The zero-order chi connectivity index (χ0) is 21.9. The first-order chi connectivity index (χ1) is 15.2. The quantitative estimate of drug-likeness (QED) is 0.209. The van der Waals surface area contributed by atoms with E-state index in [0.29, 0.717) is 13.0 Å². The number of rotatable bonds is 13. The van der Waals surface area contributed by atoms with E-state index >= 15 is 0 Å². The van der Waals surface area contributed by atoms with Crippen molar-refractivity contribution in [3.63, 3.8) is 0 Å². The van der Waals surface area contributed by atoms with Crippen molar-refractivity contribution in [2.45, 2.75) is 64.9 Å². The van der Waals surface area contributed by atoms with E-state index in [-0.39, 0.29) is 5.78 Å². The first-order valence-electron chi connectivity index (χ1n) is 11.2. The number of benzene rings is 2. The number of aromatic nitrogens is 2. The molecule has 5 heteroatoms. The first-order valence-corrected chi connectivity index (χ1v) is 12.0. The van der Waals surface area contributed by atoms with Crippen molar-refractivity contribution in [3.05, 3.63) is 81.8 Å². The number of hydrogen-bond donors (Lipinski definition) is 1. The number of aryl methyl sites for hydroxylation is 2. The average Bonchev–Trinajstić information content (AvgIpc) is 3.30. The van der Waals surface area contributed by atoms with Crippen LogP contribution < -0.4 is 4.74 Å². The molecule has 0 aliphatic rings. The topological polar surface area (TPSA) is 55.0 Å². The number of nitrogens with zero attached hydrogens (tertiary/aromatic N) is 1. The lowest BCUT2D eigenvalue weighted by Gasteiger charge is -2.14. The molecule has 0 unspecified atom stereocenters. The number of ether oxygens (including phenoxy) is 1. The normalized spacial score (nSPS) is 10.9. The van der Waals surface area contributed by atoms with Crippen LogP contribution in [0.2, 0.25) is 0 Å². The predicted molar refractivity (Wildman–Crippen MR) is 129 cm³/mol. The molecule has 3 aromatic rings. The number of nitrogens with one attached hydrogen (secondary N) is 1. The fourth-order valence-corrected chi connectivity index (χ4v) is 3.82. The molecular weight excluding hydrogens is 452 g/mol. The molecule has 0 amide bonds. The van der Waals surface area contributed by atoms with Crippen molar-refractivity contribution in [1.29, 1.82) is 0 Å². The van der Waals surface area contributed by atoms with Gasteiger partial charge in [-0.1, -0.05) is 47.8 Å².